The van der Waals surface area contributed by atoms with Crippen LogP contribution in [0.15, 0.2) is 209 Å². The molecule has 2 heterocycles. The van der Waals surface area contributed by atoms with Crippen molar-refractivity contribution in [1.82, 2.24) is 0 Å². The van der Waals surface area contributed by atoms with Crippen LogP contribution in [0.25, 0.3) is 88.0 Å². The van der Waals surface area contributed by atoms with Crippen molar-refractivity contribution in [2.75, 3.05) is 4.90 Å². The van der Waals surface area contributed by atoms with E-state index in [0.29, 0.717) is 0 Å². The molecule has 0 aliphatic rings. The molecule has 3 heteroatoms. The third kappa shape index (κ3) is 5.13. The van der Waals surface area contributed by atoms with Gasteiger partial charge in [0.15, 0.2) is 5.58 Å². The minimum absolute atomic E-state index is 0.830. The molecule has 0 atom stereocenters. The number of rotatable bonds is 6. The number of nitrogens with zero attached hydrogens (tertiary/aromatic N) is 1. The van der Waals surface area contributed by atoms with Gasteiger partial charge in [0, 0.05) is 27.2 Å². The Bertz CT molecular complexity index is 3180. The number of anilines is 3. The number of benzene rings is 9. The van der Waals surface area contributed by atoms with Crippen LogP contribution in [0.3, 0.4) is 0 Å². The van der Waals surface area contributed by atoms with Gasteiger partial charge < -0.3 is 13.7 Å². The normalized spacial score (nSPS) is 11.6. The first kappa shape index (κ1) is 31.2. The highest BCUT2D eigenvalue weighted by molar-refractivity contribution is 6.23. The molecule has 258 valence electrons. The zero-order valence-electron chi connectivity index (χ0n) is 29.8. The maximum atomic E-state index is 6.86. The molecule has 0 radical (unpaired) electrons. The van der Waals surface area contributed by atoms with Crippen LogP contribution < -0.4 is 4.90 Å². The van der Waals surface area contributed by atoms with Crippen molar-refractivity contribution in [3.05, 3.63) is 200 Å². The van der Waals surface area contributed by atoms with Gasteiger partial charge in [-0.3, -0.25) is 0 Å². The first-order chi connectivity index (χ1) is 27.3. The number of fused-ring (bicyclic) bond motifs is 8. The van der Waals surface area contributed by atoms with Crippen molar-refractivity contribution in [3.63, 3.8) is 0 Å². The van der Waals surface area contributed by atoms with E-state index >= 15 is 0 Å². The Balaban J connectivity index is 1.17. The average Bonchev–Trinajstić information content (AvgIpc) is 3.84. The first-order valence-electron chi connectivity index (χ1n) is 18.7. The van der Waals surface area contributed by atoms with Gasteiger partial charge in [0.1, 0.15) is 16.7 Å². The van der Waals surface area contributed by atoms with Gasteiger partial charge in [-0.2, -0.15) is 0 Å². The van der Waals surface area contributed by atoms with E-state index in [9.17, 15) is 0 Å². The van der Waals surface area contributed by atoms with Gasteiger partial charge in [-0.1, -0.05) is 158 Å². The van der Waals surface area contributed by atoms with Crippen LogP contribution in [0, 0.1) is 0 Å². The monoisotopic (exact) mass is 703 g/mol. The summed E-state index contributed by atoms with van der Waals surface area (Å²) in [7, 11) is 0. The second-order valence-electron chi connectivity index (χ2n) is 14.0. The van der Waals surface area contributed by atoms with E-state index in [2.05, 4.69) is 193 Å². The molecule has 0 fully saturated rings. The highest BCUT2D eigenvalue weighted by atomic mass is 16.3. The third-order valence-electron chi connectivity index (χ3n) is 10.9. The standard InChI is InChI=1S/C52H33NO2/c1-3-13-34(14-4-1)36-25-27-38(28-26-36)44-33-45-50-46(21-12-24-49(50)55-51(45)42-19-8-7-17-40(42)44)53(39-31-29-37(30-32-39)35-15-5-2-6-16-35)47-22-11-20-43-41-18-9-10-23-48(41)54-52(43)47/h1-33H. The van der Waals surface area contributed by atoms with Gasteiger partial charge in [0.2, 0.25) is 0 Å². The third-order valence-corrected chi connectivity index (χ3v) is 10.9. The fraction of sp³-hybridized carbons (Fsp3) is 0. The van der Waals surface area contributed by atoms with Crippen LogP contribution in [-0.4, -0.2) is 0 Å². The highest BCUT2D eigenvalue weighted by Gasteiger charge is 2.24. The van der Waals surface area contributed by atoms with Crippen LogP contribution in [0.5, 0.6) is 0 Å². The molecule has 0 spiro atoms. The molecule has 0 amide bonds. The molecule has 0 N–H and O–H groups in total. The van der Waals surface area contributed by atoms with Crippen LogP contribution in [0.2, 0.25) is 0 Å². The maximum Gasteiger partial charge on any atom is 0.159 e. The van der Waals surface area contributed by atoms with Gasteiger partial charge in [0.25, 0.3) is 0 Å². The van der Waals surface area contributed by atoms with Crippen molar-refractivity contribution in [1.29, 1.82) is 0 Å². The lowest BCUT2D eigenvalue weighted by Gasteiger charge is -2.26. The summed E-state index contributed by atoms with van der Waals surface area (Å²) in [6, 6.07) is 70.8. The Kier molecular flexibility index (Phi) is 7.17. The Morgan fingerprint density at radius 1 is 0.309 bits per heavy atom. The minimum atomic E-state index is 0.830. The fourth-order valence-electron chi connectivity index (χ4n) is 8.28. The molecule has 11 rings (SSSR count). The number of furan rings is 2. The average molecular weight is 704 g/mol. The lowest BCUT2D eigenvalue weighted by Crippen LogP contribution is -2.10. The zero-order chi connectivity index (χ0) is 36.3. The summed E-state index contributed by atoms with van der Waals surface area (Å²) in [6.07, 6.45) is 0. The smallest absolute Gasteiger partial charge is 0.159 e. The molecule has 2 aromatic heterocycles. The summed E-state index contributed by atoms with van der Waals surface area (Å²) in [6.45, 7) is 0. The summed E-state index contributed by atoms with van der Waals surface area (Å²) < 4.78 is 13.6. The SMILES string of the molecule is c1ccc(-c2ccc(-c3cc4c(oc5cccc(N(c6ccc(-c7ccccc7)cc6)c6cccc7c6oc6ccccc67)c54)c4ccccc34)cc2)cc1. The van der Waals surface area contributed by atoms with Crippen LogP contribution in [0.4, 0.5) is 17.1 Å². The Hall–Kier alpha value is -7.36. The van der Waals surface area contributed by atoms with Crippen molar-refractivity contribution < 1.29 is 8.83 Å². The fourth-order valence-corrected chi connectivity index (χ4v) is 8.28. The Labute approximate surface area is 317 Å². The van der Waals surface area contributed by atoms with Gasteiger partial charge in [-0.05, 0) is 81.2 Å². The summed E-state index contributed by atoms with van der Waals surface area (Å²) in [5, 5.41) is 6.53. The molecule has 55 heavy (non-hydrogen) atoms. The Morgan fingerprint density at radius 2 is 0.800 bits per heavy atom. The molecule has 0 saturated carbocycles. The molecule has 11 aromatic rings. The van der Waals surface area contributed by atoms with Crippen molar-refractivity contribution in [2.45, 2.75) is 0 Å². The zero-order valence-corrected chi connectivity index (χ0v) is 29.8. The van der Waals surface area contributed by atoms with E-state index in [-0.39, 0.29) is 0 Å². The lowest BCUT2D eigenvalue weighted by molar-refractivity contribution is 0.669. The lowest BCUT2D eigenvalue weighted by atomic mass is 9.93. The second kappa shape index (κ2) is 12.6. The number of hydrogen-bond donors (Lipinski definition) is 0. The van der Waals surface area contributed by atoms with Crippen LogP contribution in [0.1, 0.15) is 0 Å². The molecule has 0 bridgehead atoms. The molecule has 0 unspecified atom stereocenters. The predicted molar refractivity (Wildman–Crippen MR) is 229 cm³/mol. The molecule has 0 saturated heterocycles. The van der Waals surface area contributed by atoms with Gasteiger partial charge in [-0.15, -0.1) is 0 Å². The molecule has 3 nitrogen and oxygen atoms in total. The summed E-state index contributed by atoms with van der Waals surface area (Å²) in [4.78, 5) is 2.33. The number of para-hydroxylation sites is 2. The number of hydrogen-bond acceptors (Lipinski definition) is 3. The topological polar surface area (TPSA) is 29.5 Å². The van der Waals surface area contributed by atoms with Crippen molar-refractivity contribution >= 4 is 71.7 Å². The van der Waals surface area contributed by atoms with E-state index in [1.807, 2.05) is 12.1 Å². The van der Waals surface area contributed by atoms with E-state index in [1.165, 1.54) is 22.3 Å². The minimum Gasteiger partial charge on any atom is -0.455 e. The second-order valence-corrected chi connectivity index (χ2v) is 14.0. The van der Waals surface area contributed by atoms with E-state index < -0.39 is 0 Å². The maximum absolute atomic E-state index is 6.86. The van der Waals surface area contributed by atoms with Gasteiger partial charge >= 0.3 is 0 Å². The van der Waals surface area contributed by atoms with Crippen molar-refractivity contribution in [2.24, 2.45) is 0 Å². The summed E-state index contributed by atoms with van der Waals surface area (Å²) >= 11 is 0. The predicted octanol–water partition coefficient (Wildman–Crippen LogP) is 15.1. The van der Waals surface area contributed by atoms with Gasteiger partial charge in [-0.25, -0.2) is 0 Å². The van der Waals surface area contributed by atoms with Crippen molar-refractivity contribution in [3.8, 4) is 33.4 Å². The highest BCUT2D eigenvalue weighted by Crippen LogP contribution is 2.48. The van der Waals surface area contributed by atoms with E-state index in [1.54, 1.807) is 0 Å². The largest absolute Gasteiger partial charge is 0.455 e. The van der Waals surface area contributed by atoms with Crippen LogP contribution in [-0.2, 0) is 0 Å². The van der Waals surface area contributed by atoms with Gasteiger partial charge in [0.05, 0.1) is 16.8 Å². The summed E-state index contributed by atoms with van der Waals surface area (Å²) in [5.41, 5.74) is 13.5. The molecule has 0 aliphatic heterocycles. The summed E-state index contributed by atoms with van der Waals surface area (Å²) in [5.74, 6) is 0. The Morgan fingerprint density at radius 3 is 1.53 bits per heavy atom. The van der Waals surface area contributed by atoms with Crippen LogP contribution >= 0.6 is 0 Å². The molecular weight excluding hydrogens is 671 g/mol. The molecule has 9 aromatic carbocycles. The first-order valence-corrected chi connectivity index (χ1v) is 18.7. The quantitative estimate of drug-likeness (QED) is 0.173. The molecule has 0 aliphatic carbocycles. The van der Waals surface area contributed by atoms with E-state index in [4.69, 9.17) is 8.83 Å². The molecular formula is C52H33NO2. The van der Waals surface area contributed by atoms with E-state index in [0.717, 1.165) is 82.8 Å².